The van der Waals surface area contributed by atoms with E-state index in [2.05, 4.69) is 15.3 Å². The standard InChI is InChI=1S/C19H25N5O2/c1-13-6-5-7-16(14(13)2)22-19(25)24-11-8-15(12-24)26-18-17(23(3)4)20-9-10-21-18/h5-7,9-10,15H,8,11-12H2,1-4H3,(H,22,25). The van der Waals surface area contributed by atoms with Gasteiger partial charge in [-0.2, -0.15) is 0 Å². The van der Waals surface area contributed by atoms with Gasteiger partial charge in [0.05, 0.1) is 6.54 Å². The summed E-state index contributed by atoms with van der Waals surface area (Å²) in [6.07, 6.45) is 3.93. The van der Waals surface area contributed by atoms with Crippen molar-refractivity contribution in [3.05, 3.63) is 41.7 Å². The van der Waals surface area contributed by atoms with Gasteiger partial charge in [0.2, 0.25) is 0 Å². The Morgan fingerprint density at radius 2 is 2.04 bits per heavy atom. The van der Waals surface area contributed by atoms with Crippen molar-refractivity contribution in [2.75, 3.05) is 37.4 Å². The molecule has 2 heterocycles. The number of amides is 2. The summed E-state index contributed by atoms with van der Waals surface area (Å²) in [4.78, 5) is 24.8. The van der Waals surface area contributed by atoms with Gasteiger partial charge in [0, 0.05) is 45.1 Å². The van der Waals surface area contributed by atoms with Crippen LogP contribution in [0.2, 0.25) is 0 Å². The molecule has 1 N–H and O–H groups in total. The molecule has 2 amide bonds. The number of ether oxygens (including phenoxy) is 1. The molecule has 26 heavy (non-hydrogen) atoms. The van der Waals surface area contributed by atoms with Crippen molar-refractivity contribution in [3.63, 3.8) is 0 Å². The van der Waals surface area contributed by atoms with Crippen LogP contribution in [-0.4, -0.2) is 54.2 Å². The number of hydrogen-bond acceptors (Lipinski definition) is 5. The van der Waals surface area contributed by atoms with E-state index in [1.165, 1.54) is 0 Å². The normalized spacial score (nSPS) is 16.5. The highest BCUT2D eigenvalue weighted by Gasteiger charge is 2.29. The van der Waals surface area contributed by atoms with E-state index >= 15 is 0 Å². The van der Waals surface area contributed by atoms with E-state index in [-0.39, 0.29) is 12.1 Å². The van der Waals surface area contributed by atoms with E-state index in [0.717, 1.165) is 23.2 Å². The zero-order chi connectivity index (χ0) is 18.7. The van der Waals surface area contributed by atoms with E-state index in [1.807, 2.05) is 51.0 Å². The summed E-state index contributed by atoms with van der Waals surface area (Å²) >= 11 is 0. The number of likely N-dealkylation sites (tertiary alicyclic amines) is 1. The third kappa shape index (κ3) is 3.87. The smallest absolute Gasteiger partial charge is 0.321 e. The number of aromatic nitrogens is 2. The van der Waals surface area contributed by atoms with Gasteiger partial charge in [-0.15, -0.1) is 0 Å². The van der Waals surface area contributed by atoms with E-state index in [9.17, 15) is 4.79 Å². The van der Waals surface area contributed by atoms with Gasteiger partial charge < -0.3 is 19.9 Å². The largest absolute Gasteiger partial charge is 0.470 e. The van der Waals surface area contributed by atoms with Gasteiger partial charge in [0.1, 0.15) is 6.10 Å². The van der Waals surface area contributed by atoms with Crippen molar-refractivity contribution >= 4 is 17.5 Å². The van der Waals surface area contributed by atoms with Crippen LogP contribution >= 0.6 is 0 Å². The zero-order valence-corrected chi connectivity index (χ0v) is 15.7. The Kier molecular flexibility index (Phi) is 5.25. The minimum absolute atomic E-state index is 0.0882. The van der Waals surface area contributed by atoms with Gasteiger partial charge in [-0.3, -0.25) is 0 Å². The van der Waals surface area contributed by atoms with Crippen LogP contribution in [0.4, 0.5) is 16.3 Å². The molecule has 1 aromatic carbocycles. The highest BCUT2D eigenvalue weighted by atomic mass is 16.5. The fourth-order valence-electron chi connectivity index (χ4n) is 2.96. The lowest BCUT2D eigenvalue weighted by Crippen LogP contribution is -2.34. The second-order valence-corrected chi connectivity index (χ2v) is 6.73. The quantitative estimate of drug-likeness (QED) is 0.913. The van der Waals surface area contributed by atoms with Crippen LogP contribution in [0.15, 0.2) is 30.6 Å². The first-order chi connectivity index (χ1) is 12.5. The number of nitrogens with one attached hydrogen (secondary N) is 1. The minimum atomic E-state index is -0.100. The van der Waals surface area contributed by atoms with Crippen LogP contribution in [0, 0.1) is 13.8 Å². The highest BCUT2D eigenvalue weighted by molar-refractivity contribution is 5.90. The van der Waals surface area contributed by atoms with Crippen LogP contribution in [0.1, 0.15) is 17.5 Å². The first kappa shape index (κ1) is 18.0. The van der Waals surface area contributed by atoms with E-state index < -0.39 is 0 Å². The molecule has 138 valence electrons. The van der Waals surface area contributed by atoms with Gasteiger partial charge in [0.15, 0.2) is 5.82 Å². The molecule has 0 saturated carbocycles. The summed E-state index contributed by atoms with van der Waals surface area (Å²) in [6.45, 7) is 5.23. The van der Waals surface area contributed by atoms with Gasteiger partial charge in [-0.25, -0.2) is 14.8 Å². The number of aryl methyl sites for hydroxylation is 1. The molecule has 1 aliphatic rings. The van der Waals surface area contributed by atoms with Gasteiger partial charge >= 0.3 is 6.03 Å². The highest BCUT2D eigenvalue weighted by Crippen LogP contribution is 2.25. The van der Waals surface area contributed by atoms with E-state index in [1.54, 1.807) is 17.3 Å². The lowest BCUT2D eigenvalue weighted by Gasteiger charge is -2.20. The monoisotopic (exact) mass is 355 g/mol. The van der Waals surface area contributed by atoms with E-state index in [4.69, 9.17) is 4.74 Å². The molecule has 2 aromatic rings. The van der Waals surface area contributed by atoms with Crippen molar-refractivity contribution in [3.8, 4) is 5.88 Å². The van der Waals surface area contributed by atoms with Crippen molar-refractivity contribution < 1.29 is 9.53 Å². The van der Waals surface area contributed by atoms with Crippen LogP contribution in [-0.2, 0) is 0 Å². The topological polar surface area (TPSA) is 70.6 Å². The molecule has 1 unspecified atom stereocenters. The Hall–Kier alpha value is -2.83. The number of hydrogen-bond donors (Lipinski definition) is 1. The maximum Gasteiger partial charge on any atom is 0.321 e. The van der Waals surface area contributed by atoms with Crippen molar-refractivity contribution in [1.82, 2.24) is 14.9 Å². The fraction of sp³-hybridized carbons (Fsp3) is 0.421. The third-order valence-corrected chi connectivity index (χ3v) is 4.63. The maximum absolute atomic E-state index is 12.6. The predicted octanol–water partition coefficient (Wildman–Crippen LogP) is 2.84. The Balaban J connectivity index is 1.62. The first-order valence-electron chi connectivity index (χ1n) is 8.73. The number of urea groups is 1. The summed E-state index contributed by atoms with van der Waals surface area (Å²) in [5, 5.41) is 3.00. The van der Waals surface area contributed by atoms with Crippen LogP contribution in [0.5, 0.6) is 5.88 Å². The van der Waals surface area contributed by atoms with Gasteiger partial charge in [0.25, 0.3) is 5.88 Å². The number of benzene rings is 1. The Bertz CT molecular complexity index is 793. The molecular weight excluding hydrogens is 330 g/mol. The minimum Gasteiger partial charge on any atom is -0.470 e. The second kappa shape index (κ2) is 7.59. The summed E-state index contributed by atoms with van der Waals surface area (Å²) in [6, 6.07) is 5.81. The number of nitrogens with zero attached hydrogens (tertiary/aromatic N) is 4. The van der Waals surface area contributed by atoms with E-state index in [0.29, 0.717) is 24.8 Å². The SMILES string of the molecule is Cc1cccc(NC(=O)N2CCC(Oc3nccnc3N(C)C)C2)c1C. The fourth-order valence-corrected chi connectivity index (χ4v) is 2.96. The molecule has 3 rings (SSSR count). The Labute approximate surface area is 154 Å². The average molecular weight is 355 g/mol. The predicted molar refractivity (Wildman–Crippen MR) is 102 cm³/mol. The van der Waals surface area contributed by atoms with Crippen molar-refractivity contribution in [2.24, 2.45) is 0 Å². The summed E-state index contributed by atoms with van der Waals surface area (Å²) in [5.41, 5.74) is 3.09. The molecule has 0 bridgehead atoms. The average Bonchev–Trinajstić information content (AvgIpc) is 3.08. The molecule has 7 heteroatoms. The molecule has 0 aliphatic carbocycles. The van der Waals surface area contributed by atoms with Crippen molar-refractivity contribution in [2.45, 2.75) is 26.4 Å². The zero-order valence-electron chi connectivity index (χ0n) is 15.7. The molecule has 0 radical (unpaired) electrons. The number of carbonyl (C=O) groups is 1. The first-order valence-corrected chi connectivity index (χ1v) is 8.73. The molecule has 1 aliphatic heterocycles. The molecule has 0 spiro atoms. The molecule has 1 aromatic heterocycles. The van der Waals surface area contributed by atoms with Crippen LogP contribution in [0.3, 0.4) is 0 Å². The van der Waals surface area contributed by atoms with Crippen molar-refractivity contribution in [1.29, 1.82) is 0 Å². The Morgan fingerprint density at radius 1 is 1.27 bits per heavy atom. The molecular formula is C19H25N5O2. The summed E-state index contributed by atoms with van der Waals surface area (Å²) < 4.78 is 6.00. The molecule has 7 nitrogen and oxygen atoms in total. The third-order valence-electron chi connectivity index (χ3n) is 4.63. The lowest BCUT2D eigenvalue weighted by molar-refractivity contribution is 0.190. The summed E-state index contributed by atoms with van der Waals surface area (Å²) in [5.74, 6) is 1.19. The second-order valence-electron chi connectivity index (χ2n) is 6.73. The lowest BCUT2D eigenvalue weighted by atomic mass is 10.1. The molecule has 1 saturated heterocycles. The number of carbonyl (C=O) groups excluding carboxylic acids is 1. The summed E-state index contributed by atoms with van der Waals surface area (Å²) in [7, 11) is 3.80. The Morgan fingerprint density at radius 3 is 2.81 bits per heavy atom. The van der Waals surface area contributed by atoms with Crippen LogP contribution < -0.4 is 15.0 Å². The van der Waals surface area contributed by atoms with Gasteiger partial charge in [-0.1, -0.05) is 12.1 Å². The van der Waals surface area contributed by atoms with Crippen LogP contribution in [0.25, 0.3) is 0 Å². The molecule has 1 atom stereocenters. The molecule has 1 fully saturated rings. The van der Waals surface area contributed by atoms with Gasteiger partial charge in [-0.05, 0) is 31.0 Å². The number of rotatable bonds is 4. The maximum atomic E-state index is 12.6. The number of anilines is 2.